The molecule has 1 nitrogen and oxygen atoms in total. The van der Waals surface area contributed by atoms with Crippen molar-refractivity contribution < 1.29 is 5.11 Å². The van der Waals surface area contributed by atoms with Crippen LogP contribution in [0.15, 0.2) is 24.8 Å². The third-order valence-corrected chi connectivity index (χ3v) is 2.78. The van der Waals surface area contributed by atoms with E-state index in [4.69, 9.17) is 0 Å². The zero-order valence-electron chi connectivity index (χ0n) is 10.0. The molecule has 1 unspecified atom stereocenters. The minimum absolute atomic E-state index is 0.197. The molecule has 0 radical (unpaired) electrons. The van der Waals surface area contributed by atoms with E-state index in [2.05, 4.69) is 33.4 Å². The zero-order valence-corrected chi connectivity index (χ0v) is 10.0. The molecule has 0 aromatic heterocycles. The Morgan fingerprint density at radius 1 is 1.20 bits per heavy atom. The van der Waals surface area contributed by atoms with Gasteiger partial charge >= 0.3 is 0 Å². The highest BCUT2D eigenvalue weighted by Crippen LogP contribution is 2.34. The number of allylic oxidation sites excluding steroid dienone is 1. The lowest BCUT2D eigenvalue weighted by atomic mass is 9.91. The monoisotopic (exact) mass is 204 g/mol. The van der Waals surface area contributed by atoms with Crippen LogP contribution in [0.2, 0.25) is 0 Å². The fourth-order valence-corrected chi connectivity index (χ4v) is 1.75. The van der Waals surface area contributed by atoms with Crippen molar-refractivity contribution in [2.45, 2.75) is 39.5 Å². The van der Waals surface area contributed by atoms with Gasteiger partial charge in [-0.25, -0.2) is 0 Å². The van der Waals surface area contributed by atoms with Gasteiger partial charge in [0.25, 0.3) is 0 Å². The normalized spacial score (nSPS) is 12.9. The van der Waals surface area contributed by atoms with Gasteiger partial charge in [-0.3, -0.25) is 0 Å². The van der Waals surface area contributed by atoms with Gasteiger partial charge in [0.2, 0.25) is 0 Å². The molecular formula is C14H20O. The van der Waals surface area contributed by atoms with Crippen LogP contribution in [0, 0.1) is 6.92 Å². The number of hydrogen-bond acceptors (Lipinski definition) is 1. The minimum atomic E-state index is 0.197. The van der Waals surface area contributed by atoms with E-state index >= 15 is 0 Å². The van der Waals surface area contributed by atoms with Crippen LogP contribution in [-0.4, -0.2) is 5.11 Å². The molecule has 0 aliphatic rings. The fraction of sp³-hybridized carbons (Fsp3) is 0.429. The molecule has 15 heavy (non-hydrogen) atoms. The molecule has 0 heterocycles. The highest BCUT2D eigenvalue weighted by Gasteiger charge is 2.14. The molecule has 0 saturated carbocycles. The second-order valence-electron chi connectivity index (χ2n) is 4.47. The summed E-state index contributed by atoms with van der Waals surface area (Å²) in [6, 6.07) is 4.09. The SMILES string of the molecule is C=CC(C)c1cc(C)cc(C(C)C)c1O. The lowest BCUT2D eigenvalue weighted by Crippen LogP contribution is -1.97. The smallest absolute Gasteiger partial charge is 0.122 e. The summed E-state index contributed by atoms with van der Waals surface area (Å²) >= 11 is 0. The van der Waals surface area contributed by atoms with Crippen LogP contribution in [0.25, 0.3) is 0 Å². The quantitative estimate of drug-likeness (QED) is 0.734. The van der Waals surface area contributed by atoms with Gasteiger partial charge in [0.05, 0.1) is 0 Å². The van der Waals surface area contributed by atoms with Gasteiger partial charge in [0.15, 0.2) is 0 Å². The first-order valence-electron chi connectivity index (χ1n) is 5.43. The average Bonchev–Trinajstić information content (AvgIpc) is 2.19. The van der Waals surface area contributed by atoms with Crippen molar-refractivity contribution in [3.63, 3.8) is 0 Å². The molecule has 1 heteroatoms. The van der Waals surface area contributed by atoms with E-state index in [1.165, 1.54) is 5.56 Å². The molecule has 1 aromatic rings. The summed E-state index contributed by atoms with van der Waals surface area (Å²) in [4.78, 5) is 0. The summed E-state index contributed by atoms with van der Waals surface area (Å²) in [6.45, 7) is 12.1. The lowest BCUT2D eigenvalue weighted by molar-refractivity contribution is 0.456. The third-order valence-electron chi connectivity index (χ3n) is 2.78. The van der Waals surface area contributed by atoms with Gasteiger partial charge in [0, 0.05) is 11.5 Å². The third kappa shape index (κ3) is 2.41. The van der Waals surface area contributed by atoms with E-state index in [1.807, 2.05) is 19.1 Å². The number of phenols is 1. The van der Waals surface area contributed by atoms with Crippen molar-refractivity contribution in [3.05, 3.63) is 41.5 Å². The van der Waals surface area contributed by atoms with Crippen LogP contribution in [0.1, 0.15) is 49.3 Å². The maximum absolute atomic E-state index is 10.1. The van der Waals surface area contributed by atoms with Crippen LogP contribution < -0.4 is 0 Å². The first kappa shape index (κ1) is 11.8. The molecule has 1 aromatic carbocycles. The highest BCUT2D eigenvalue weighted by molar-refractivity contribution is 5.47. The summed E-state index contributed by atoms with van der Waals surface area (Å²) in [6.07, 6.45) is 1.86. The number of phenolic OH excluding ortho intramolecular Hbond substituents is 1. The minimum Gasteiger partial charge on any atom is -0.507 e. The number of hydrogen-bond donors (Lipinski definition) is 1. The summed E-state index contributed by atoms with van der Waals surface area (Å²) < 4.78 is 0. The molecule has 1 rings (SSSR count). The van der Waals surface area contributed by atoms with Crippen LogP contribution >= 0.6 is 0 Å². The van der Waals surface area contributed by atoms with Crippen LogP contribution in [-0.2, 0) is 0 Å². The van der Waals surface area contributed by atoms with Crippen LogP contribution in [0.3, 0.4) is 0 Å². The average molecular weight is 204 g/mol. The van der Waals surface area contributed by atoms with E-state index in [0.717, 1.165) is 11.1 Å². The van der Waals surface area contributed by atoms with Gasteiger partial charge in [0.1, 0.15) is 5.75 Å². The summed E-state index contributed by atoms with van der Waals surface area (Å²) in [5.74, 6) is 0.978. The molecule has 0 saturated heterocycles. The highest BCUT2D eigenvalue weighted by atomic mass is 16.3. The Balaban J connectivity index is 3.34. The van der Waals surface area contributed by atoms with Crippen molar-refractivity contribution in [1.82, 2.24) is 0 Å². The van der Waals surface area contributed by atoms with Crippen molar-refractivity contribution in [2.24, 2.45) is 0 Å². The molecule has 0 aliphatic carbocycles. The molecule has 0 bridgehead atoms. The van der Waals surface area contributed by atoms with E-state index in [9.17, 15) is 5.11 Å². The molecule has 1 atom stereocenters. The van der Waals surface area contributed by atoms with Gasteiger partial charge in [-0.05, 0) is 18.4 Å². The number of rotatable bonds is 3. The molecular weight excluding hydrogens is 184 g/mol. The standard InChI is InChI=1S/C14H20O/c1-6-11(5)13-8-10(4)7-12(9(2)3)14(13)15/h6-9,11,15H,1H2,2-5H3. The van der Waals surface area contributed by atoms with Crippen LogP contribution in [0.4, 0.5) is 0 Å². The molecule has 0 aliphatic heterocycles. The first-order valence-corrected chi connectivity index (χ1v) is 5.43. The summed E-state index contributed by atoms with van der Waals surface area (Å²) in [5, 5.41) is 10.1. The van der Waals surface area contributed by atoms with Crippen molar-refractivity contribution in [3.8, 4) is 5.75 Å². The van der Waals surface area contributed by atoms with Crippen molar-refractivity contribution in [2.75, 3.05) is 0 Å². The Morgan fingerprint density at radius 3 is 2.20 bits per heavy atom. The largest absolute Gasteiger partial charge is 0.507 e. The second kappa shape index (κ2) is 4.52. The Hall–Kier alpha value is -1.24. The number of aromatic hydroxyl groups is 1. The molecule has 82 valence electrons. The number of benzene rings is 1. The maximum Gasteiger partial charge on any atom is 0.122 e. The molecule has 0 amide bonds. The Bertz CT molecular complexity index is 364. The second-order valence-corrected chi connectivity index (χ2v) is 4.47. The molecule has 0 fully saturated rings. The van der Waals surface area contributed by atoms with Gasteiger partial charge < -0.3 is 5.11 Å². The van der Waals surface area contributed by atoms with E-state index in [0.29, 0.717) is 11.7 Å². The van der Waals surface area contributed by atoms with Crippen LogP contribution in [0.5, 0.6) is 5.75 Å². The van der Waals surface area contributed by atoms with Crippen molar-refractivity contribution >= 4 is 0 Å². The van der Waals surface area contributed by atoms with Gasteiger partial charge in [-0.2, -0.15) is 0 Å². The fourth-order valence-electron chi connectivity index (χ4n) is 1.75. The van der Waals surface area contributed by atoms with E-state index in [-0.39, 0.29) is 5.92 Å². The van der Waals surface area contributed by atoms with E-state index in [1.54, 1.807) is 0 Å². The Labute approximate surface area is 92.5 Å². The predicted octanol–water partition coefficient (Wildman–Crippen LogP) is 4.11. The van der Waals surface area contributed by atoms with Gasteiger partial charge in [-0.1, -0.05) is 44.5 Å². The summed E-state index contributed by atoms with van der Waals surface area (Å²) in [7, 11) is 0. The van der Waals surface area contributed by atoms with E-state index < -0.39 is 0 Å². The number of aryl methyl sites for hydroxylation is 1. The Morgan fingerprint density at radius 2 is 1.73 bits per heavy atom. The van der Waals surface area contributed by atoms with Crippen molar-refractivity contribution in [1.29, 1.82) is 0 Å². The molecule has 1 N–H and O–H groups in total. The zero-order chi connectivity index (χ0) is 11.6. The predicted molar refractivity (Wildman–Crippen MR) is 65.5 cm³/mol. The topological polar surface area (TPSA) is 20.2 Å². The van der Waals surface area contributed by atoms with Gasteiger partial charge in [-0.15, -0.1) is 6.58 Å². The Kier molecular flexibility index (Phi) is 3.57. The summed E-state index contributed by atoms with van der Waals surface area (Å²) in [5.41, 5.74) is 3.20. The first-order chi connectivity index (χ1) is 6.97. The molecule has 0 spiro atoms. The maximum atomic E-state index is 10.1. The lowest BCUT2D eigenvalue weighted by Gasteiger charge is -2.16.